The Morgan fingerprint density at radius 2 is 2.13 bits per heavy atom. The van der Waals surface area contributed by atoms with E-state index in [1.165, 1.54) is 6.92 Å². The topological polar surface area (TPSA) is 43.1 Å². The van der Waals surface area contributed by atoms with Gasteiger partial charge in [-0.3, -0.25) is 4.79 Å². The Morgan fingerprint density at radius 3 is 2.73 bits per heavy atom. The lowest BCUT2D eigenvalue weighted by Crippen LogP contribution is -1.91. The molecule has 1 aromatic carbocycles. The highest BCUT2D eigenvalue weighted by Gasteiger charge is 2.13. The number of aromatic nitrogens is 1. The highest BCUT2D eigenvalue weighted by Crippen LogP contribution is 2.24. The lowest BCUT2D eigenvalue weighted by Gasteiger charge is -1.96. The van der Waals surface area contributed by atoms with Crippen LogP contribution in [-0.4, -0.2) is 10.8 Å². The molecular weight excluding hydrogens is 190 g/mol. The van der Waals surface area contributed by atoms with Gasteiger partial charge in [-0.15, -0.1) is 0 Å². The Labute approximate surface area is 88.1 Å². The number of benzene rings is 1. The van der Waals surface area contributed by atoms with Crippen molar-refractivity contribution in [1.82, 2.24) is 4.98 Å². The Bertz CT molecular complexity index is 511. The van der Waals surface area contributed by atoms with Crippen molar-refractivity contribution in [2.45, 2.75) is 26.7 Å². The second-order valence-corrected chi connectivity index (χ2v) is 3.92. The van der Waals surface area contributed by atoms with E-state index in [0.29, 0.717) is 17.0 Å². The van der Waals surface area contributed by atoms with Gasteiger partial charge in [-0.1, -0.05) is 19.9 Å². The number of para-hydroxylation sites is 1. The fraction of sp³-hybridized carbons (Fsp3) is 0.333. The van der Waals surface area contributed by atoms with Crippen molar-refractivity contribution in [3.8, 4) is 0 Å². The number of Topliss-reactive ketones (excluding diaryl/α,β-unsaturated/α-hetero) is 1. The molecule has 0 unspecified atom stereocenters. The molecule has 1 heterocycles. The van der Waals surface area contributed by atoms with Crippen LogP contribution in [0, 0.1) is 0 Å². The SMILES string of the molecule is CC(=O)c1cccc2nc(C(C)C)oc12. The van der Waals surface area contributed by atoms with E-state index in [1.807, 2.05) is 26.0 Å². The number of nitrogens with zero attached hydrogens (tertiary/aromatic N) is 1. The van der Waals surface area contributed by atoms with Crippen LogP contribution in [0.3, 0.4) is 0 Å². The maximum Gasteiger partial charge on any atom is 0.198 e. The molecule has 2 aromatic rings. The molecule has 0 atom stereocenters. The van der Waals surface area contributed by atoms with E-state index in [9.17, 15) is 4.79 Å². The number of hydrogen-bond donors (Lipinski definition) is 0. The molecule has 0 aliphatic rings. The minimum atomic E-state index is 0.00653. The first-order chi connectivity index (χ1) is 7.09. The summed E-state index contributed by atoms with van der Waals surface area (Å²) in [4.78, 5) is 15.7. The largest absolute Gasteiger partial charge is 0.440 e. The first kappa shape index (κ1) is 9.90. The molecule has 0 amide bonds. The summed E-state index contributed by atoms with van der Waals surface area (Å²) < 4.78 is 5.59. The third kappa shape index (κ3) is 1.65. The van der Waals surface area contributed by atoms with Crippen molar-refractivity contribution in [3.63, 3.8) is 0 Å². The van der Waals surface area contributed by atoms with E-state index >= 15 is 0 Å². The van der Waals surface area contributed by atoms with Crippen LogP contribution in [0.4, 0.5) is 0 Å². The summed E-state index contributed by atoms with van der Waals surface area (Å²) in [6.45, 7) is 5.56. The Morgan fingerprint density at radius 1 is 1.40 bits per heavy atom. The number of ketones is 1. The molecule has 0 saturated carbocycles. The second-order valence-electron chi connectivity index (χ2n) is 3.92. The van der Waals surface area contributed by atoms with E-state index in [1.54, 1.807) is 6.07 Å². The fourth-order valence-electron chi connectivity index (χ4n) is 1.49. The van der Waals surface area contributed by atoms with Gasteiger partial charge in [-0.25, -0.2) is 4.98 Å². The molecule has 0 aliphatic heterocycles. The van der Waals surface area contributed by atoms with Crippen LogP contribution in [-0.2, 0) is 0 Å². The normalized spacial score (nSPS) is 11.2. The van der Waals surface area contributed by atoms with Crippen molar-refractivity contribution in [1.29, 1.82) is 0 Å². The first-order valence-corrected chi connectivity index (χ1v) is 5.00. The van der Waals surface area contributed by atoms with Crippen molar-refractivity contribution in [2.24, 2.45) is 0 Å². The van der Waals surface area contributed by atoms with Crippen molar-refractivity contribution >= 4 is 16.9 Å². The van der Waals surface area contributed by atoms with E-state index in [2.05, 4.69) is 4.98 Å². The summed E-state index contributed by atoms with van der Waals surface area (Å²) in [5.41, 5.74) is 1.96. The zero-order valence-corrected chi connectivity index (χ0v) is 9.07. The zero-order valence-electron chi connectivity index (χ0n) is 9.07. The molecule has 0 bridgehead atoms. The van der Waals surface area contributed by atoms with E-state index in [-0.39, 0.29) is 11.7 Å². The standard InChI is InChI=1S/C12H13NO2/c1-7(2)12-13-10-6-4-5-9(8(3)14)11(10)15-12/h4-7H,1-3H3. The van der Waals surface area contributed by atoms with E-state index in [0.717, 1.165) is 5.52 Å². The van der Waals surface area contributed by atoms with Crippen LogP contribution < -0.4 is 0 Å². The minimum absolute atomic E-state index is 0.00653. The van der Waals surface area contributed by atoms with Gasteiger partial charge in [0, 0.05) is 5.92 Å². The van der Waals surface area contributed by atoms with E-state index in [4.69, 9.17) is 4.42 Å². The quantitative estimate of drug-likeness (QED) is 0.704. The van der Waals surface area contributed by atoms with Crippen molar-refractivity contribution in [3.05, 3.63) is 29.7 Å². The highest BCUT2D eigenvalue weighted by molar-refractivity contribution is 6.03. The van der Waals surface area contributed by atoms with Gasteiger partial charge in [0.25, 0.3) is 0 Å². The summed E-state index contributed by atoms with van der Waals surface area (Å²) >= 11 is 0. The molecule has 0 spiro atoms. The summed E-state index contributed by atoms with van der Waals surface area (Å²) in [7, 11) is 0. The molecule has 0 aliphatic carbocycles. The molecule has 0 saturated heterocycles. The maximum absolute atomic E-state index is 11.4. The van der Waals surface area contributed by atoms with Gasteiger partial charge in [0.2, 0.25) is 0 Å². The molecule has 1 aromatic heterocycles. The predicted molar refractivity (Wildman–Crippen MR) is 58.1 cm³/mol. The van der Waals surface area contributed by atoms with Gasteiger partial charge in [-0.2, -0.15) is 0 Å². The van der Waals surface area contributed by atoms with Gasteiger partial charge in [-0.05, 0) is 19.1 Å². The van der Waals surface area contributed by atoms with Crippen molar-refractivity contribution < 1.29 is 9.21 Å². The molecule has 15 heavy (non-hydrogen) atoms. The monoisotopic (exact) mass is 203 g/mol. The highest BCUT2D eigenvalue weighted by atomic mass is 16.3. The van der Waals surface area contributed by atoms with Crippen LogP contribution >= 0.6 is 0 Å². The summed E-state index contributed by atoms with van der Waals surface area (Å²) in [6, 6.07) is 5.45. The molecule has 3 heteroatoms. The van der Waals surface area contributed by atoms with Crippen LogP contribution in [0.1, 0.15) is 42.9 Å². The van der Waals surface area contributed by atoms with E-state index < -0.39 is 0 Å². The average Bonchev–Trinajstić information content (AvgIpc) is 2.60. The Hall–Kier alpha value is -1.64. The van der Waals surface area contributed by atoms with Crippen LogP contribution in [0.15, 0.2) is 22.6 Å². The van der Waals surface area contributed by atoms with Gasteiger partial charge >= 0.3 is 0 Å². The smallest absolute Gasteiger partial charge is 0.198 e. The fourth-order valence-corrected chi connectivity index (χ4v) is 1.49. The number of rotatable bonds is 2. The molecule has 0 fully saturated rings. The van der Waals surface area contributed by atoms with Crippen LogP contribution in [0.2, 0.25) is 0 Å². The Balaban J connectivity index is 2.70. The number of oxazole rings is 1. The first-order valence-electron chi connectivity index (χ1n) is 5.00. The summed E-state index contributed by atoms with van der Waals surface area (Å²) in [5, 5.41) is 0. The second kappa shape index (κ2) is 3.50. The van der Waals surface area contributed by atoms with Crippen LogP contribution in [0.25, 0.3) is 11.1 Å². The molecule has 0 N–H and O–H groups in total. The third-order valence-electron chi connectivity index (χ3n) is 2.30. The number of fused-ring (bicyclic) bond motifs is 1. The number of carbonyl (C=O) groups excluding carboxylic acids is 1. The zero-order chi connectivity index (χ0) is 11.0. The van der Waals surface area contributed by atoms with Gasteiger partial charge in [0.1, 0.15) is 5.52 Å². The third-order valence-corrected chi connectivity index (χ3v) is 2.30. The van der Waals surface area contributed by atoms with Crippen molar-refractivity contribution in [2.75, 3.05) is 0 Å². The average molecular weight is 203 g/mol. The molecule has 0 radical (unpaired) electrons. The van der Waals surface area contributed by atoms with Gasteiger partial charge < -0.3 is 4.42 Å². The van der Waals surface area contributed by atoms with Gasteiger partial charge in [0.15, 0.2) is 17.3 Å². The maximum atomic E-state index is 11.4. The summed E-state index contributed by atoms with van der Waals surface area (Å²) in [5.74, 6) is 0.919. The minimum Gasteiger partial charge on any atom is -0.440 e. The van der Waals surface area contributed by atoms with Crippen LogP contribution in [0.5, 0.6) is 0 Å². The molecule has 78 valence electrons. The molecule has 2 rings (SSSR count). The number of hydrogen-bond acceptors (Lipinski definition) is 3. The predicted octanol–water partition coefficient (Wildman–Crippen LogP) is 3.15. The number of carbonyl (C=O) groups is 1. The van der Waals surface area contributed by atoms with Gasteiger partial charge in [0.05, 0.1) is 5.56 Å². The molecule has 3 nitrogen and oxygen atoms in total. The lowest BCUT2D eigenvalue weighted by molar-refractivity contribution is 0.101. The Kier molecular flexibility index (Phi) is 2.31. The molecular formula is C12H13NO2. The lowest BCUT2D eigenvalue weighted by atomic mass is 10.1. The summed E-state index contributed by atoms with van der Waals surface area (Å²) in [6.07, 6.45) is 0.